The highest BCUT2D eigenvalue weighted by Crippen LogP contribution is 2.20. The Morgan fingerprint density at radius 2 is 1.81 bits per heavy atom. The van der Waals surface area contributed by atoms with Gasteiger partial charge in [-0.25, -0.2) is 0 Å². The molecule has 0 bridgehead atoms. The van der Waals surface area contributed by atoms with Crippen molar-refractivity contribution < 1.29 is 18.0 Å². The molecule has 0 N–H and O–H groups in total. The lowest BCUT2D eigenvalue weighted by molar-refractivity contribution is -0.0754. The van der Waals surface area contributed by atoms with Crippen molar-refractivity contribution in [3.8, 4) is 0 Å². The highest BCUT2D eigenvalue weighted by atomic mass is 28.4. The van der Waals surface area contributed by atoms with Crippen LogP contribution in [0.1, 0.15) is 32.1 Å². The predicted octanol–water partition coefficient (Wildman–Crippen LogP) is 2.27. The minimum absolute atomic E-state index is 0.227. The summed E-state index contributed by atoms with van der Waals surface area (Å²) >= 11 is 0. The summed E-state index contributed by atoms with van der Waals surface area (Å²) in [4.78, 5) is 0. The maximum Gasteiger partial charge on any atom is 0.530 e. The van der Waals surface area contributed by atoms with Gasteiger partial charge in [-0.1, -0.05) is 25.8 Å². The minimum atomic E-state index is -2.66. The van der Waals surface area contributed by atoms with Crippen molar-refractivity contribution in [2.45, 2.75) is 38.2 Å². The summed E-state index contributed by atoms with van der Waals surface area (Å²) in [7, 11) is 0.472. The summed E-state index contributed by atoms with van der Waals surface area (Å²) in [5.74, 6) is 0. The smallest absolute Gasteiger partial charge is 0.374 e. The minimum Gasteiger partial charge on any atom is -0.374 e. The molecule has 0 radical (unpaired) electrons. The molecule has 0 atom stereocenters. The van der Waals surface area contributed by atoms with E-state index in [1.54, 1.807) is 19.9 Å². The van der Waals surface area contributed by atoms with Gasteiger partial charge in [0.2, 0.25) is 0 Å². The van der Waals surface area contributed by atoms with Crippen LogP contribution in [0.2, 0.25) is 0 Å². The van der Waals surface area contributed by atoms with E-state index in [4.69, 9.17) is 18.0 Å². The molecule has 1 aliphatic carbocycles. The average molecular weight is 246 g/mol. The van der Waals surface area contributed by atoms with Crippen LogP contribution in [0.5, 0.6) is 0 Å². The summed E-state index contributed by atoms with van der Waals surface area (Å²) in [6.07, 6.45) is 6.42. The van der Waals surface area contributed by atoms with Crippen LogP contribution in [0.15, 0.2) is 12.3 Å². The molecule has 1 aliphatic rings. The molecule has 1 saturated carbocycles. The molecule has 5 heteroatoms. The van der Waals surface area contributed by atoms with Gasteiger partial charge in [0.25, 0.3) is 0 Å². The maximum atomic E-state index is 5.65. The van der Waals surface area contributed by atoms with E-state index in [-0.39, 0.29) is 6.79 Å². The molecule has 1 fully saturated rings. The van der Waals surface area contributed by atoms with E-state index >= 15 is 0 Å². The van der Waals surface area contributed by atoms with E-state index < -0.39 is 8.80 Å². The highest BCUT2D eigenvalue weighted by molar-refractivity contribution is 6.66. The Bertz CT molecular complexity index is 200. The van der Waals surface area contributed by atoms with Gasteiger partial charge in [-0.15, -0.1) is 0 Å². The van der Waals surface area contributed by atoms with Crippen molar-refractivity contribution in [3.05, 3.63) is 12.3 Å². The molecule has 0 aliphatic heterocycles. The van der Waals surface area contributed by atoms with Crippen LogP contribution in [-0.4, -0.2) is 35.9 Å². The fraction of sp³-hybridized carbons (Fsp3) is 0.818. The zero-order valence-corrected chi connectivity index (χ0v) is 11.2. The number of rotatable bonds is 7. The SMILES string of the molecule is C=C[Si](OC)(OC)OCOC1CCCCC1. The van der Waals surface area contributed by atoms with Crippen LogP contribution in [0.3, 0.4) is 0 Å². The molecule has 0 aromatic rings. The van der Waals surface area contributed by atoms with Gasteiger partial charge < -0.3 is 18.0 Å². The second-order valence-electron chi connectivity index (χ2n) is 3.90. The van der Waals surface area contributed by atoms with Gasteiger partial charge in [-0.05, 0) is 18.5 Å². The first-order chi connectivity index (χ1) is 7.76. The number of hydrogen-bond acceptors (Lipinski definition) is 4. The molecule has 0 heterocycles. The molecule has 0 spiro atoms. The quantitative estimate of drug-likeness (QED) is 0.510. The van der Waals surface area contributed by atoms with E-state index in [1.165, 1.54) is 19.3 Å². The van der Waals surface area contributed by atoms with E-state index in [9.17, 15) is 0 Å². The molecule has 0 aromatic heterocycles. The zero-order valence-electron chi connectivity index (χ0n) is 10.2. The molecule has 1 rings (SSSR count). The van der Waals surface area contributed by atoms with E-state index in [2.05, 4.69) is 6.58 Å². The highest BCUT2D eigenvalue weighted by Gasteiger charge is 2.35. The van der Waals surface area contributed by atoms with Crippen LogP contribution in [0.25, 0.3) is 0 Å². The number of hydrogen-bond donors (Lipinski definition) is 0. The monoisotopic (exact) mass is 246 g/mol. The first-order valence-electron chi connectivity index (χ1n) is 5.76. The Kier molecular flexibility index (Phi) is 6.23. The first-order valence-corrected chi connectivity index (χ1v) is 7.56. The third kappa shape index (κ3) is 3.99. The summed E-state index contributed by atoms with van der Waals surface area (Å²) in [6.45, 7) is 3.90. The molecular weight excluding hydrogens is 224 g/mol. The topological polar surface area (TPSA) is 36.9 Å². The molecule has 0 unspecified atom stereocenters. The predicted molar refractivity (Wildman–Crippen MR) is 63.9 cm³/mol. The van der Waals surface area contributed by atoms with Gasteiger partial charge in [0.15, 0.2) is 0 Å². The van der Waals surface area contributed by atoms with Crippen LogP contribution < -0.4 is 0 Å². The van der Waals surface area contributed by atoms with Crippen LogP contribution in [0.4, 0.5) is 0 Å². The Morgan fingerprint density at radius 1 is 1.19 bits per heavy atom. The van der Waals surface area contributed by atoms with Crippen molar-refractivity contribution in [2.24, 2.45) is 0 Å². The summed E-state index contributed by atoms with van der Waals surface area (Å²) in [5, 5.41) is 0. The van der Waals surface area contributed by atoms with Gasteiger partial charge in [0.05, 0.1) is 6.10 Å². The van der Waals surface area contributed by atoms with Gasteiger partial charge in [-0.3, -0.25) is 0 Å². The lowest BCUT2D eigenvalue weighted by Gasteiger charge is -2.26. The molecule has 0 aromatic carbocycles. The fourth-order valence-corrected chi connectivity index (χ4v) is 2.96. The van der Waals surface area contributed by atoms with Crippen molar-refractivity contribution in [1.29, 1.82) is 0 Å². The Morgan fingerprint density at radius 3 is 2.31 bits per heavy atom. The second kappa shape index (κ2) is 7.19. The largest absolute Gasteiger partial charge is 0.530 e. The second-order valence-corrected chi connectivity index (χ2v) is 6.63. The maximum absolute atomic E-state index is 5.65. The van der Waals surface area contributed by atoms with Crippen molar-refractivity contribution in [1.82, 2.24) is 0 Å². The fourth-order valence-electron chi connectivity index (χ4n) is 1.87. The molecule has 0 saturated heterocycles. The molecule has 4 nitrogen and oxygen atoms in total. The Labute approximate surface area is 98.9 Å². The van der Waals surface area contributed by atoms with Crippen LogP contribution in [-0.2, 0) is 18.0 Å². The third-order valence-electron chi connectivity index (χ3n) is 2.94. The third-order valence-corrected chi connectivity index (χ3v) is 5.09. The zero-order chi connectivity index (χ0) is 11.9. The number of ether oxygens (including phenoxy) is 1. The Hall–Kier alpha value is -0.203. The van der Waals surface area contributed by atoms with Crippen molar-refractivity contribution in [2.75, 3.05) is 21.0 Å². The van der Waals surface area contributed by atoms with Gasteiger partial charge in [0, 0.05) is 14.2 Å². The van der Waals surface area contributed by atoms with Crippen LogP contribution >= 0.6 is 0 Å². The molecular formula is C11H22O4Si. The molecule has 0 amide bonds. The Balaban J connectivity index is 2.24. The lowest BCUT2D eigenvalue weighted by atomic mass is 9.98. The normalized spacial score (nSPS) is 18.6. The standard InChI is InChI=1S/C11H22O4Si/c1-4-16(12-2,13-3)15-10-14-11-8-6-5-7-9-11/h4,11H,1,5-10H2,2-3H3. The molecule has 94 valence electrons. The summed E-state index contributed by atoms with van der Waals surface area (Å²) < 4.78 is 21.6. The van der Waals surface area contributed by atoms with Gasteiger partial charge in [-0.2, -0.15) is 0 Å². The van der Waals surface area contributed by atoms with Crippen LogP contribution in [0, 0.1) is 0 Å². The van der Waals surface area contributed by atoms with Gasteiger partial charge in [0.1, 0.15) is 6.79 Å². The first kappa shape index (κ1) is 13.9. The summed E-state index contributed by atoms with van der Waals surface area (Å²) in [6, 6.07) is 0. The summed E-state index contributed by atoms with van der Waals surface area (Å²) in [5.41, 5.74) is 1.61. The van der Waals surface area contributed by atoms with Crippen molar-refractivity contribution in [3.63, 3.8) is 0 Å². The van der Waals surface area contributed by atoms with Gasteiger partial charge >= 0.3 is 8.80 Å². The van der Waals surface area contributed by atoms with E-state index in [0.717, 1.165) is 12.8 Å². The molecule has 16 heavy (non-hydrogen) atoms. The average Bonchev–Trinajstić information content (AvgIpc) is 2.37. The van der Waals surface area contributed by atoms with E-state index in [0.29, 0.717) is 6.10 Å². The van der Waals surface area contributed by atoms with Crippen molar-refractivity contribution >= 4 is 8.80 Å². The van der Waals surface area contributed by atoms with E-state index in [1.807, 2.05) is 0 Å². The lowest BCUT2D eigenvalue weighted by Crippen LogP contribution is -2.43.